The van der Waals surface area contributed by atoms with Crippen molar-refractivity contribution in [1.29, 1.82) is 0 Å². The highest BCUT2D eigenvalue weighted by Crippen LogP contribution is 2.16. The number of nitrogens with one attached hydrogen (secondary N) is 1. The van der Waals surface area contributed by atoms with Gasteiger partial charge in [-0.1, -0.05) is 0 Å². The number of rotatable bonds is 4. The number of aliphatic carboxylic acids is 1. The molecule has 1 rings (SSSR count). The molecule has 0 spiro atoms. The van der Waals surface area contributed by atoms with E-state index in [1.54, 1.807) is 0 Å². The molecule has 20 heavy (non-hydrogen) atoms. The number of benzene rings is 1. The van der Waals surface area contributed by atoms with Gasteiger partial charge in [-0.15, -0.1) is 0 Å². The van der Waals surface area contributed by atoms with Crippen molar-refractivity contribution in [3.8, 4) is 0 Å². The second-order valence-electron chi connectivity index (χ2n) is 4.07. The van der Waals surface area contributed by atoms with Crippen LogP contribution in [0.2, 0.25) is 0 Å². The largest absolute Gasteiger partial charge is 0.478 e. The van der Waals surface area contributed by atoms with Crippen molar-refractivity contribution in [2.45, 2.75) is 13.8 Å². The van der Waals surface area contributed by atoms with Crippen molar-refractivity contribution in [2.24, 2.45) is 5.73 Å². The molecule has 1 aromatic carbocycles. The lowest BCUT2D eigenvalue weighted by atomic mass is 10.1. The molecular weight excluding hydrogens is 267 g/mol. The van der Waals surface area contributed by atoms with E-state index in [-0.39, 0.29) is 22.4 Å². The van der Waals surface area contributed by atoms with Gasteiger partial charge in [-0.2, -0.15) is 0 Å². The second-order valence-corrected chi connectivity index (χ2v) is 4.07. The minimum absolute atomic E-state index is 0.00227. The smallest absolute Gasteiger partial charge is 0.331 e. The third-order valence-corrected chi connectivity index (χ3v) is 2.71. The summed E-state index contributed by atoms with van der Waals surface area (Å²) in [7, 11) is 0. The zero-order valence-corrected chi connectivity index (χ0v) is 10.9. The summed E-state index contributed by atoms with van der Waals surface area (Å²) >= 11 is 0. The fourth-order valence-electron chi connectivity index (χ4n) is 1.35. The van der Waals surface area contributed by atoms with Crippen LogP contribution in [0, 0.1) is 5.82 Å². The number of carboxylic acid groups (broad SMARTS) is 1. The minimum atomic E-state index is -1.21. The van der Waals surface area contributed by atoms with E-state index >= 15 is 0 Å². The number of halogens is 1. The molecule has 0 saturated carbocycles. The summed E-state index contributed by atoms with van der Waals surface area (Å²) < 4.78 is 13.2. The zero-order valence-electron chi connectivity index (χ0n) is 10.9. The van der Waals surface area contributed by atoms with Crippen LogP contribution in [0.15, 0.2) is 29.3 Å². The quantitative estimate of drug-likeness (QED) is 0.722. The molecule has 1 aromatic rings. The van der Waals surface area contributed by atoms with E-state index in [2.05, 4.69) is 5.32 Å². The number of carbonyl (C=O) groups excluding carboxylic acids is 2. The van der Waals surface area contributed by atoms with E-state index in [1.165, 1.54) is 19.9 Å². The van der Waals surface area contributed by atoms with Gasteiger partial charge in [-0.3, -0.25) is 9.59 Å². The van der Waals surface area contributed by atoms with E-state index in [4.69, 9.17) is 10.8 Å². The van der Waals surface area contributed by atoms with E-state index in [0.29, 0.717) is 0 Å². The van der Waals surface area contributed by atoms with Gasteiger partial charge in [0.05, 0.1) is 5.56 Å². The van der Waals surface area contributed by atoms with Crippen LogP contribution in [-0.2, 0) is 9.59 Å². The van der Waals surface area contributed by atoms with Crippen molar-refractivity contribution in [2.75, 3.05) is 5.32 Å². The number of carboxylic acids is 1. The van der Waals surface area contributed by atoms with Crippen molar-refractivity contribution in [3.63, 3.8) is 0 Å². The van der Waals surface area contributed by atoms with Gasteiger partial charge >= 0.3 is 5.97 Å². The molecule has 4 N–H and O–H groups in total. The van der Waals surface area contributed by atoms with Crippen LogP contribution in [0.4, 0.5) is 10.1 Å². The van der Waals surface area contributed by atoms with Crippen molar-refractivity contribution < 1.29 is 23.9 Å². The van der Waals surface area contributed by atoms with Gasteiger partial charge in [0.15, 0.2) is 0 Å². The lowest BCUT2D eigenvalue weighted by Gasteiger charge is -2.08. The van der Waals surface area contributed by atoms with Gasteiger partial charge in [0, 0.05) is 16.8 Å². The van der Waals surface area contributed by atoms with E-state index in [9.17, 15) is 18.8 Å². The Morgan fingerprint density at radius 2 is 1.80 bits per heavy atom. The van der Waals surface area contributed by atoms with Crippen molar-refractivity contribution >= 4 is 23.5 Å². The molecule has 106 valence electrons. The molecule has 2 amide bonds. The standard InChI is InChI=1S/C13H13FN2O4/c1-6(7(2)13(19)20)12(18)16-8-3-4-10(14)9(5-8)11(15)17/h3-5H,1-2H3,(H2,15,17)(H,16,18)(H,19,20). The van der Waals surface area contributed by atoms with E-state index in [1.807, 2.05) is 0 Å². The lowest BCUT2D eigenvalue weighted by Crippen LogP contribution is -2.18. The number of primary amides is 1. The Kier molecular flexibility index (Phi) is 4.58. The summed E-state index contributed by atoms with van der Waals surface area (Å²) in [5, 5.41) is 11.1. The maximum Gasteiger partial charge on any atom is 0.331 e. The van der Waals surface area contributed by atoms with Crippen LogP contribution < -0.4 is 11.1 Å². The summed E-state index contributed by atoms with van der Waals surface area (Å²) in [4.78, 5) is 33.5. The summed E-state index contributed by atoms with van der Waals surface area (Å²) in [6.45, 7) is 2.63. The predicted molar refractivity (Wildman–Crippen MR) is 69.6 cm³/mol. The van der Waals surface area contributed by atoms with Gasteiger partial charge in [-0.25, -0.2) is 9.18 Å². The first-order valence-corrected chi connectivity index (χ1v) is 5.55. The van der Waals surface area contributed by atoms with E-state index < -0.39 is 23.6 Å². The van der Waals surface area contributed by atoms with Gasteiger partial charge in [0.1, 0.15) is 5.82 Å². The van der Waals surface area contributed by atoms with Gasteiger partial charge < -0.3 is 16.2 Å². The number of hydrogen-bond donors (Lipinski definition) is 3. The van der Waals surface area contributed by atoms with Crippen LogP contribution in [-0.4, -0.2) is 22.9 Å². The summed E-state index contributed by atoms with van der Waals surface area (Å²) in [5.74, 6) is -3.64. The Hall–Kier alpha value is -2.70. The summed E-state index contributed by atoms with van der Waals surface area (Å²) in [6.07, 6.45) is 0. The van der Waals surface area contributed by atoms with E-state index in [0.717, 1.165) is 12.1 Å². The summed E-state index contributed by atoms with van der Waals surface area (Å²) in [6, 6.07) is 3.31. The maximum atomic E-state index is 13.2. The number of hydrogen-bond acceptors (Lipinski definition) is 3. The van der Waals surface area contributed by atoms with Crippen LogP contribution >= 0.6 is 0 Å². The van der Waals surface area contributed by atoms with Gasteiger partial charge in [0.25, 0.3) is 11.8 Å². The normalized spacial score (nSPS) is 11.6. The van der Waals surface area contributed by atoms with Gasteiger partial charge in [0.2, 0.25) is 0 Å². The fourth-order valence-corrected chi connectivity index (χ4v) is 1.35. The molecule has 0 aromatic heterocycles. The second kappa shape index (κ2) is 5.96. The summed E-state index contributed by atoms with van der Waals surface area (Å²) in [5.41, 5.74) is 4.65. The zero-order chi connectivity index (χ0) is 15.4. The van der Waals surface area contributed by atoms with Crippen LogP contribution in [0.5, 0.6) is 0 Å². The first-order chi connectivity index (χ1) is 9.23. The van der Waals surface area contributed by atoms with Crippen LogP contribution in [0.25, 0.3) is 0 Å². The topological polar surface area (TPSA) is 109 Å². The Balaban J connectivity index is 3.03. The maximum absolute atomic E-state index is 13.2. The Morgan fingerprint density at radius 3 is 2.30 bits per heavy atom. The third-order valence-electron chi connectivity index (χ3n) is 2.71. The molecule has 0 aliphatic carbocycles. The van der Waals surface area contributed by atoms with Gasteiger partial charge in [-0.05, 0) is 32.0 Å². The molecule has 7 heteroatoms. The molecule has 0 radical (unpaired) electrons. The SMILES string of the molecule is CC(C(=O)O)=C(C)C(=O)Nc1ccc(F)c(C(N)=O)c1. The minimum Gasteiger partial charge on any atom is -0.478 e. The molecule has 0 aliphatic heterocycles. The number of anilines is 1. The highest BCUT2D eigenvalue weighted by atomic mass is 19.1. The molecule has 0 atom stereocenters. The molecule has 6 nitrogen and oxygen atoms in total. The van der Waals surface area contributed by atoms with Crippen LogP contribution in [0.1, 0.15) is 24.2 Å². The first-order valence-electron chi connectivity index (χ1n) is 5.55. The number of carbonyl (C=O) groups is 3. The average molecular weight is 280 g/mol. The third kappa shape index (κ3) is 3.41. The first kappa shape index (κ1) is 15.4. The highest BCUT2D eigenvalue weighted by Gasteiger charge is 2.14. The lowest BCUT2D eigenvalue weighted by molar-refractivity contribution is -0.133. The molecule has 0 unspecified atom stereocenters. The Morgan fingerprint density at radius 1 is 1.20 bits per heavy atom. The molecule has 0 saturated heterocycles. The Labute approximate surface area is 114 Å². The molecular formula is C13H13FN2O4. The monoisotopic (exact) mass is 280 g/mol. The molecule has 0 fully saturated rings. The number of nitrogens with two attached hydrogens (primary N) is 1. The fraction of sp³-hybridized carbons (Fsp3) is 0.154. The van der Waals surface area contributed by atoms with Crippen molar-refractivity contribution in [1.82, 2.24) is 0 Å². The molecule has 0 aliphatic rings. The highest BCUT2D eigenvalue weighted by molar-refractivity contribution is 6.08. The molecule has 0 heterocycles. The Bertz CT molecular complexity index is 623. The van der Waals surface area contributed by atoms with Crippen LogP contribution in [0.3, 0.4) is 0 Å². The van der Waals surface area contributed by atoms with Crippen molar-refractivity contribution in [3.05, 3.63) is 40.7 Å². The predicted octanol–water partition coefficient (Wildman–Crippen LogP) is 1.28. The molecule has 0 bridgehead atoms. The number of amides is 2. The average Bonchev–Trinajstić information content (AvgIpc) is 2.38.